The zero-order valence-electron chi connectivity index (χ0n) is 18.6. The maximum absolute atomic E-state index is 13.4. The largest absolute Gasteiger partial charge is 0.337 e. The predicted octanol–water partition coefficient (Wildman–Crippen LogP) is 3.32. The lowest BCUT2D eigenvalue weighted by Crippen LogP contribution is -2.40. The van der Waals surface area contributed by atoms with Gasteiger partial charge in [-0.15, -0.1) is 0 Å². The lowest BCUT2D eigenvalue weighted by atomic mass is 9.91. The van der Waals surface area contributed by atoms with Crippen molar-refractivity contribution in [3.63, 3.8) is 0 Å². The highest BCUT2D eigenvalue weighted by molar-refractivity contribution is 5.85. The molecule has 0 radical (unpaired) electrons. The SMILES string of the molecule is Cc1ccccc1-n1c(=O)n(CCC(C)C)c(=O)c2c1ncn2CC(=O)C(C)(C)C. The van der Waals surface area contributed by atoms with E-state index < -0.39 is 16.7 Å². The zero-order valence-corrected chi connectivity index (χ0v) is 18.6. The minimum Gasteiger partial charge on any atom is -0.317 e. The normalized spacial score (nSPS) is 12.1. The van der Waals surface area contributed by atoms with Crippen molar-refractivity contribution in [1.29, 1.82) is 0 Å². The van der Waals surface area contributed by atoms with Crippen molar-refractivity contribution >= 4 is 16.9 Å². The number of ketones is 1. The summed E-state index contributed by atoms with van der Waals surface area (Å²) in [4.78, 5) is 43.7. The quantitative estimate of drug-likeness (QED) is 0.624. The summed E-state index contributed by atoms with van der Waals surface area (Å²) in [5.41, 5.74) is 0.779. The Morgan fingerprint density at radius 1 is 1.13 bits per heavy atom. The molecule has 3 rings (SSSR count). The number of rotatable bonds is 6. The third-order valence-electron chi connectivity index (χ3n) is 5.34. The number of aromatic nitrogens is 4. The summed E-state index contributed by atoms with van der Waals surface area (Å²) in [7, 11) is 0. The standard InChI is InChI=1S/C23H30N4O3/c1-15(2)11-12-26-21(29)19-20(24-14-25(19)13-18(28)23(4,5)6)27(22(26)30)17-10-8-7-9-16(17)3/h7-10,14-15H,11-13H2,1-6H3. The van der Waals surface area contributed by atoms with Crippen LogP contribution < -0.4 is 11.2 Å². The first kappa shape index (κ1) is 21.7. The molecule has 0 aliphatic rings. The molecule has 0 aliphatic carbocycles. The molecule has 0 saturated heterocycles. The lowest BCUT2D eigenvalue weighted by molar-refractivity contribution is -0.126. The maximum Gasteiger partial charge on any atom is 0.337 e. The number of hydrogen-bond donors (Lipinski definition) is 0. The Morgan fingerprint density at radius 2 is 1.80 bits per heavy atom. The van der Waals surface area contributed by atoms with Crippen molar-refractivity contribution in [2.75, 3.05) is 0 Å². The molecular weight excluding hydrogens is 380 g/mol. The van der Waals surface area contributed by atoms with Gasteiger partial charge in [-0.05, 0) is 30.9 Å². The molecule has 7 nitrogen and oxygen atoms in total. The van der Waals surface area contributed by atoms with E-state index in [0.717, 1.165) is 5.56 Å². The fourth-order valence-electron chi connectivity index (χ4n) is 3.31. The van der Waals surface area contributed by atoms with E-state index in [9.17, 15) is 14.4 Å². The lowest BCUT2D eigenvalue weighted by Gasteiger charge is -2.18. The van der Waals surface area contributed by atoms with Gasteiger partial charge in [0.2, 0.25) is 0 Å². The van der Waals surface area contributed by atoms with Gasteiger partial charge in [-0.1, -0.05) is 52.8 Å². The van der Waals surface area contributed by atoms with E-state index in [0.29, 0.717) is 24.6 Å². The number of fused-ring (bicyclic) bond motifs is 1. The van der Waals surface area contributed by atoms with Gasteiger partial charge >= 0.3 is 5.69 Å². The molecule has 2 aromatic heterocycles. The first-order valence-electron chi connectivity index (χ1n) is 10.3. The van der Waals surface area contributed by atoms with E-state index in [1.165, 1.54) is 15.5 Å². The minimum atomic E-state index is -0.544. The average molecular weight is 411 g/mol. The molecule has 0 aliphatic heterocycles. The van der Waals surface area contributed by atoms with Gasteiger partial charge in [-0.25, -0.2) is 14.3 Å². The average Bonchev–Trinajstić information content (AvgIpc) is 3.05. The molecule has 0 atom stereocenters. The van der Waals surface area contributed by atoms with Crippen LogP contribution in [0.5, 0.6) is 0 Å². The highest BCUT2D eigenvalue weighted by atomic mass is 16.2. The van der Waals surface area contributed by atoms with Crippen LogP contribution in [0.1, 0.15) is 46.6 Å². The summed E-state index contributed by atoms with van der Waals surface area (Å²) in [6.45, 7) is 11.9. The van der Waals surface area contributed by atoms with Gasteiger partial charge in [0, 0.05) is 12.0 Å². The van der Waals surface area contributed by atoms with Crippen LogP contribution in [0.3, 0.4) is 0 Å². The number of carbonyl (C=O) groups is 1. The van der Waals surface area contributed by atoms with Crippen LogP contribution in [0.2, 0.25) is 0 Å². The van der Waals surface area contributed by atoms with Crippen LogP contribution in [-0.2, 0) is 17.9 Å². The molecule has 0 bridgehead atoms. The fraction of sp³-hybridized carbons (Fsp3) is 0.478. The molecule has 0 N–H and O–H groups in total. The molecule has 2 heterocycles. The van der Waals surface area contributed by atoms with E-state index in [2.05, 4.69) is 18.8 Å². The first-order valence-corrected chi connectivity index (χ1v) is 10.3. The summed E-state index contributed by atoms with van der Waals surface area (Å²) in [6.07, 6.45) is 2.18. The van der Waals surface area contributed by atoms with Crippen LogP contribution in [0.15, 0.2) is 40.2 Å². The Hall–Kier alpha value is -2.96. The molecule has 3 aromatic rings. The number of carbonyl (C=O) groups excluding carboxylic acids is 1. The fourth-order valence-corrected chi connectivity index (χ4v) is 3.31. The summed E-state index contributed by atoms with van der Waals surface area (Å²) in [5.74, 6) is 0.329. The number of Topliss-reactive ketones (excluding diaryl/α,β-unsaturated/α-hetero) is 1. The van der Waals surface area contributed by atoms with Gasteiger partial charge in [0.1, 0.15) is 0 Å². The van der Waals surface area contributed by atoms with Crippen molar-refractivity contribution in [2.24, 2.45) is 11.3 Å². The Kier molecular flexibility index (Phi) is 5.83. The molecule has 0 spiro atoms. The van der Waals surface area contributed by atoms with Crippen LogP contribution >= 0.6 is 0 Å². The topological polar surface area (TPSA) is 78.9 Å². The predicted molar refractivity (Wildman–Crippen MR) is 118 cm³/mol. The van der Waals surface area contributed by atoms with Gasteiger partial charge in [-0.2, -0.15) is 0 Å². The van der Waals surface area contributed by atoms with Gasteiger partial charge < -0.3 is 4.57 Å². The van der Waals surface area contributed by atoms with Gasteiger partial charge in [0.15, 0.2) is 16.9 Å². The molecule has 0 saturated carbocycles. The number of nitrogens with zero attached hydrogens (tertiary/aromatic N) is 4. The molecule has 30 heavy (non-hydrogen) atoms. The molecule has 1 aromatic carbocycles. The molecular formula is C23H30N4O3. The second-order valence-corrected chi connectivity index (χ2v) is 9.26. The number of imidazole rings is 1. The van der Waals surface area contributed by atoms with Crippen molar-refractivity contribution in [1.82, 2.24) is 18.7 Å². The highest BCUT2D eigenvalue weighted by Gasteiger charge is 2.25. The second kappa shape index (κ2) is 8.05. The van der Waals surface area contributed by atoms with Gasteiger partial charge in [0.05, 0.1) is 18.6 Å². The Bertz CT molecular complexity index is 1210. The van der Waals surface area contributed by atoms with Crippen molar-refractivity contribution in [3.8, 4) is 5.69 Å². The van der Waals surface area contributed by atoms with Gasteiger partial charge in [0.25, 0.3) is 5.56 Å². The number of aryl methyl sites for hydroxylation is 1. The maximum atomic E-state index is 13.4. The molecule has 0 unspecified atom stereocenters. The molecule has 160 valence electrons. The summed E-state index contributed by atoms with van der Waals surface area (Å²) in [6, 6.07) is 7.50. The number of para-hydroxylation sites is 1. The van der Waals surface area contributed by atoms with Crippen LogP contribution in [0.25, 0.3) is 16.9 Å². The third kappa shape index (κ3) is 4.01. The van der Waals surface area contributed by atoms with Crippen molar-refractivity contribution < 1.29 is 4.79 Å². The monoisotopic (exact) mass is 410 g/mol. The highest BCUT2D eigenvalue weighted by Crippen LogP contribution is 2.19. The smallest absolute Gasteiger partial charge is 0.317 e. The van der Waals surface area contributed by atoms with Crippen LogP contribution in [0.4, 0.5) is 0 Å². The molecule has 7 heteroatoms. The van der Waals surface area contributed by atoms with Gasteiger partial charge in [-0.3, -0.25) is 14.2 Å². The minimum absolute atomic E-state index is 0.0106. The van der Waals surface area contributed by atoms with Crippen molar-refractivity contribution in [3.05, 3.63) is 57.0 Å². The Morgan fingerprint density at radius 3 is 2.40 bits per heavy atom. The zero-order chi connectivity index (χ0) is 22.2. The van der Waals surface area contributed by atoms with E-state index >= 15 is 0 Å². The third-order valence-corrected chi connectivity index (χ3v) is 5.34. The molecule has 0 amide bonds. The van der Waals surface area contributed by atoms with E-state index in [4.69, 9.17) is 0 Å². The molecule has 0 fully saturated rings. The van der Waals surface area contributed by atoms with Crippen LogP contribution in [0, 0.1) is 18.3 Å². The number of hydrogen-bond acceptors (Lipinski definition) is 4. The summed E-state index contributed by atoms with van der Waals surface area (Å²) >= 11 is 0. The van der Waals surface area contributed by atoms with Crippen LogP contribution in [-0.4, -0.2) is 24.5 Å². The van der Waals surface area contributed by atoms with E-state index in [1.807, 2.05) is 52.0 Å². The number of benzene rings is 1. The van der Waals surface area contributed by atoms with Crippen molar-refractivity contribution in [2.45, 2.75) is 61.1 Å². The van der Waals surface area contributed by atoms with E-state index in [1.54, 1.807) is 4.57 Å². The summed E-state index contributed by atoms with van der Waals surface area (Å²) < 4.78 is 4.34. The Balaban J connectivity index is 2.32. The first-order chi connectivity index (χ1) is 14.0. The Labute approximate surface area is 176 Å². The van der Waals surface area contributed by atoms with E-state index in [-0.39, 0.29) is 23.5 Å². The second-order valence-electron chi connectivity index (χ2n) is 9.26. The summed E-state index contributed by atoms with van der Waals surface area (Å²) in [5, 5.41) is 0.